The van der Waals surface area contributed by atoms with E-state index in [-0.39, 0.29) is 12.5 Å². The molecule has 5 rings (SSSR count). The number of aryl methyl sites for hydroxylation is 1. The highest BCUT2D eigenvalue weighted by molar-refractivity contribution is 5.85. The number of amides is 1. The van der Waals surface area contributed by atoms with Gasteiger partial charge < -0.3 is 19.9 Å². The Morgan fingerprint density at radius 2 is 2.17 bits per heavy atom. The van der Waals surface area contributed by atoms with Gasteiger partial charge in [0.05, 0.1) is 0 Å². The van der Waals surface area contributed by atoms with Crippen molar-refractivity contribution in [2.75, 3.05) is 19.8 Å². The lowest BCUT2D eigenvalue weighted by atomic mass is 9.91. The number of carbonyl (C=O) groups is 1. The van der Waals surface area contributed by atoms with Crippen molar-refractivity contribution < 1.29 is 9.53 Å². The average Bonchev–Trinajstić information content (AvgIpc) is 3.51. The minimum Gasteiger partial charge on any atom is -0.372 e. The van der Waals surface area contributed by atoms with E-state index in [9.17, 15) is 4.79 Å². The summed E-state index contributed by atoms with van der Waals surface area (Å²) in [5.41, 5.74) is 8.28. The maximum atomic E-state index is 12.6. The van der Waals surface area contributed by atoms with Crippen LogP contribution in [0.4, 0.5) is 0 Å². The predicted molar refractivity (Wildman–Crippen MR) is 117 cm³/mol. The van der Waals surface area contributed by atoms with Crippen molar-refractivity contribution >= 4 is 16.9 Å². The van der Waals surface area contributed by atoms with Crippen LogP contribution < -0.4 is 5.32 Å². The fourth-order valence-electron chi connectivity index (χ4n) is 4.72. The first-order valence-electron chi connectivity index (χ1n) is 10.8. The average molecular weight is 405 g/mol. The number of pyridine rings is 1. The number of fused-ring (bicyclic) bond motifs is 2. The highest BCUT2D eigenvalue weighted by atomic mass is 16.5. The van der Waals surface area contributed by atoms with Crippen molar-refractivity contribution in [2.45, 2.75) is 45.8 Å². The first-order valence-corrected chi connectivity index (χ1v) is 10.8. The number of aromatic nitrogens is 2. The molecule has 0 bridgehead atoms. The van der Waals surface area contributed by atoms with Gasteiger partial charge in [0.15, 0.2) is 0 Å². The van der Waals surface area contributed by atoms with Gasteiger partial charge in [-0.1, -0.05) is 0 Å². The van der Waals surface area contributed by atoms with E-state index in [2.05, 4.69) is 40.4 Å². The lowest BCUT2D eigenvalue weighted by Crippen LogP contribution is -2.29. The Morgan fingerprint density at radius 3 is 2.97 bits per heavy atom. The molecule has 1 aromatic carbocycles. The summed E-state index contributed by atoms with van der Waals surface area (Å²) in [5, 5.41) is 4.80. The van der Waals surface area contributed by atoms with Crippen LogP contribution in [0.25, 0.3) is 22.2 Å². The van der Waals surface area contributed by atoms with Gasteiger partial charge in [-0.15, -0.1) is 0 Å². The van der Waals surface area contributed by atoms with E-state index < -0.39 is 0 Å². The molecule has 3 aromatic rings. The molecule has 0 spiro atoms. The van der Waals surface area contributed by atoms with Gasteiger partial charge in [-0.05, 0) is 79.3 Å². The molecule has 0 radical (unpaired) electrons. The molecule has 1 saturated heterocycles. The molecule has 2 N–H and O–H groups in total. The minimum absolute atomic E-state index is 0.0611. The van der Waals surface area contributed by atoms with Crippen molar-refractivity contribution in [2.24, 2.45) is 0 Å². The molecule has 4 heterocycles. The summed E-state index contributed by atoms with van der Waals surface area (Å²) in [7, 11) is 0. The molecule has 1 fully saturated rings. The lowest BCUT2D eigenvalue weighted by molar-refractivity contribution is -0.136. The topological polar surface area (TPSA) is 70.2 Å². The Balaban J connectivity index is 1.54. The summed E-state index contributed by atoms with van der Waals surface area (Å²) < 4.78 is 5.36. The molecule has 1 atom stereocenters. The van der Waals surface area contributed by atoms with Gasteiger partial charge in [-0.3, -0.25) is 4.79 Å². The quantitative estimate of drug-likeness (QED) is 0.678. The number of carbonyl (C=O) groups excluding carboxylic acids is 1. The zero-order valence-electron chi connectivity index (χ0n) is 17.6. The first kappa shape index (κ1) is 19.3. The molecule has 30 heavy (non-hydrogen) atoms. The largest absolute Gasteiger partial charge is 0.372 e. The summed E-state index contributed by atoms with van der Waals surface area (Å²) >= 11 is 0. The fraction of sp³-hybridized carbons (Fsp3) is 0.417. The van der Waals surface area contributed by atoms with E-state index in [0.717, 1.165) is 29.6 Å². The minimum atomic E-state index is 0.0611. The van der Waals surface area contributed by atoms with Gasteiger partial charge >= 0.3 is 0 Å². The first-order chi connectivity index (χ1) is 14.6. The molecule has 0 unspecified atom stereocenters. The Labute approximate surface area is 176 Å². The molecule has 2 aromatic heterocycles. The van der Waals surface area contributed by atoms with Gasteiger partial charge in [0, 0.05) is 49.1 Å². The number of nitrogens with one attached hydrogen (secondary N) is 2. The molecule has 2 aliphatic heterocycles. The molecule has 1 amide bonds. The van der Waals surface area contributed by atoms with Crippen molar-refractivity contribution in [1.82, 2.24) is 20.2 Å². The van der Waals surface area contributed by atoms with Gasteiger partial charge in [-0.25, -0.2) is 4.98 Å². The van der Waals surface area contributed by atoms with E-state index in [0.29, 0.717) is 25.7 Å². The Morgan fingerprint density at radius 1 is 1.27 bits per heavy atom. The van der Waals surface area contributed by atoms with Crippen LogP contribution in [0.1, 0.15) is 48.1 Å². The molecular formula is C24H28N4O2. The van der Waals surface area contributed by atoms with Crippen LogP contribution in [-0.2, 0) is 22.6 Å². The number of ether oxygens (including phenoxy) is 1. The van der Waals surface area contributed by atoms with Crippen molar-refractivity contribution in [3.05, 3.63) is 52.8 Å². The number of rotatable bonds is 5. The van der Waals surface area contributed by atoms with E-state index in [1.807, 2.05) is 24.2 Å². The van der Waals surface area contributed by atoms with Gasteiger partial charge in [-0.2, -0.15) is 0 Å². The Bertz CT molecular complexity index is 1100. The number of H-pyrrole nitrogens is 1. The van der Waals surface area contributed by atoms with Crippen LogP contribution in [-0.4, -0.2) is 40.5 Å². The van der Waals surface area contributed by atoms with Crippen LogP contribution in [0, 0.1) is 6.92 Å². The molecule has 6 nitrogen and oxygen atoms in total. The molecule has 6 heteroatoms. The second kappa shape index (κ2) is 7.85. The van der Waals surface area contributed by atoms with Crippen LogP contribution in [0.3, 0.4) is 0 Å². The van der Waals surface area contributed by atoms with E-state index in [1.54, 1.807) is 0 Å². The number of hydrogen-bond acceptors (Lipinski definition) is 4. The maximum Gasteiger partial charge on any atom is 0.249 e. The summed E-state index contributed by atoms with van der Waals surface area (Å²) in [5.74, 6) is 0.0611. The van der Waals surface area contributed by atoms with E-state index in [1.165, 1.54) is 34.2 Å². The van der Waals surface area contributed by atoms with Crippen LogP contribution in [0.5, 0.6) is 0 Å². The Hall–Kier alpha value is -2.70. The smallest absolute Gasteiger partial charge is 0.249 e. The number of aromatic amines is 1. The zero-order valence-corrected chi connectivity index (χ0v) is 17.6. The molecular weight excluding hydrogens is 376 g/mol. The normalized spacial score (nSPS) is 18.3. The Kier molecular flexibility index (Phi) is 5.05. The highest BCUT2D eigenvalue weighted by Crippen LogP contribution is 2.37. The summed E-state index contributed by atoms with van der Waals surface area (Å²) in [6.45, 7) is 7.09. The summed E-state index contributed by atoms with van der Waals surface area (Å²) in [4.78, 5) is 22.3. The predicted octanol–water partition coefficient (Wildman–Crippen LogP) is 3.84. The number of benzene rings is 1. The lowest BCUT2D eigenvalue weighted by Gasteiger charge is -2.18. The van der Waals surface area contributed by atoms with E-state index >= 15 is 0 Å². The van der Waals surface area contributed by atoms with Gasteiger partial charge in [0.25, 0.3) is 0 Å². The third kappa shape index (κ3) is 3.40. The molecule has 2 aliphatic rings. The van der Waals surface area contributed by atoms with Crippen molar-refractivity contribution in [3.63, 3.8) is 0 Å². The van der Waals surface area contributed by atoms with Crippen LogP contribution >= 0.6 is 0 Å². The summed E-state index contributed by atoms with van der Waals surface area (Å²) in [6.07, 6.45) is 6.27. The van der Waals surface area contributed by atoms with Gasteiger partial charge in [0.1, 0.15) is 12.3 Å². The third-order valence-corrected chi connectivity index (χ3v) is 6.38. The molecule has 0 saturated carbocycles. The number of hydrogen-bond donors (Lipinski definition) is 2. The van der Waals surface area contributed by atoms with Crippen molar-refractivity contribution in [1.29, 1.82) is 0 Å². The van der Waals surface area contributed by atoms with Crippen molar-refractivity contribution in [3.8, 4) is 11.1 Å². The number of nitrogens with zero attached hydrogens (tertiary/aromatic N) is 2. The monoisotopic (exact) mass is 404 g/mol. The van der Waals surface area contributed by atoms with Crippen LogP contribution in [0.15, 0.2) is 30.6 Å². The maximum absolute atomic E-state index is 12.6. The third-order valence-electron chi connectivity index (χ3n) is 6.38. The molecule has 0 aliphatic carbocycles. The molecule has 156 valence electrons. The SMILES string of the molecule is CCOCC(=O)N1Cc2cc(-c3cnc4[nH]cc(C)c4c3)cc([C@@H]3CCCN3)c2C1. The second-order valence-electron chi connectivity index (χ2n) is 8.33. The van der Waals surface area contributed by atoms with Gasteiger partial charge in [0.2, 0.25) is 5.91 Å². The zero-order chi connectivity index (χ0) is 20.7. The standard InChI is InChI=1S/C24H28N4O2/c1-3-30-14-23(29)28-12-18-7-16(8-20(21(18)13-28)22-5-4-6-25-22)17-9-19-15(2)10-26-24(19)27-11-17/h7-11,22,25H,3-6,12-14H2,1-2H3,(H,26,27)/t22-/m0/s1. The highest BCUT2D eigenvalue weighted by Gasteiger charge is 2.30. The second-order valence-corrected chi connectivity index (χ2v) is 8.33. The van der Waals surface area contributed by atoms with Crippen LogP contribution in [0.2, 0.25) is 0 Å². The van der Waals surface area contributed by atoms with E-state index in [4.69, 9.17) is 4.74 Å². The fourth-order valence-corrected chi connectivity index (χ4v) is 4.72. The summed E-state index contributed by atoms with van der Waals surface area (Å²) in [6, 6.07) is 7.12.